The fourth-order valence-electron chi connectivity index (χ4n) is 1.26. The smallest absolute Gasteiger partial charge is 0.337 e. The van der Waals surface area contributed by atoms with Gasteiger partial charge in [0.2, 0.25) is 0 Å². The summed E-state index contributed by atoms with van der Waals surface area (Å²) in [5, 5.41) is 8.81. The predicted octanol–water partition coefficient (Wildman–Crippen LogP) is 0.441. The van der Waals surface area contributed by atoms with Gasteiger partial charge >= 0.3 is 5.97 Å². The molecule has 0 saturated carbocycles. The molecular weight excluding hydrogens is 184 g/mol. The van der Waals surface area contributed by atoms with E-state index in [0.717, 1.165) is 0 Å². The fraction of sp³-hybridized carbons (Fsp3) is 0.222. The average Bonchev–Trinajstić information content (AvgIpc) is 2.16. The molecular formula is C9H10N2O3. The van der Waals surface area contributed by atoms with E-state index in [2.05, 4.69) is 4.98 Å². The number of carboxylic acids is 1. The number of amides is 1. The summed E-state index contributed by atoms with van der Waals surface area (Å²) in [6.07, 6.45) is 2.93. The lowest BCUT2D eigenvalue weighted by atomic mass is 10.0. The molecule has 0 aromatic carbocycles. The van der Waals surface area contributed by atoms with Crippen LogP contribution in [0.5, 0.6) is 0 Å². The first kappa shape index (κ1) is 10.2. The third-order valence-electron chi connectivity index (χ3n) is 1.91. The molecule has 0 bridgehead atoms. The monoisotopic (exact) mass is 194 g/mol. The Kier molecular flexibility index (Phi) is 2.81. The molecule has 5 heteroatoms. The normalized spacial score (nSPS) is 9.79. The molecule has 0 fully saturated rings. The molecule has 0 saturated heterocycles. The van der Waals surface area contributed by atoms with Crippen molar-refractivity contribution in [2.45, 2.75) is 13.3 Å². The second kappa shape index (κ2) is 3.87. The molecule has 0 radical (unpaired) electrons. The zero-order valence-electron chi connectivity index (χ0n) is 7.65. The minimum absolute atomic E-state index is 0.0313. The van der Waals surface area contributed by atoms with Gasteiger partial charge in [0.25, 0.3) is 5.91 Å². The summed E-state index contributed by atoms with van der Waals surface area (Å²) in [6.45, 7) is 1.76. The van der Waals surface area contributed by atoms with Crippen LogP contribution < -0.4 is 5.73 Å². The van der Waals surface area contributed by atoms with E-state index in [1.165, 1.54) is 12.4 Å². The topological polar surface area (TPSA) is 93.3 Å². The third-order valence-corrected chi connectivity index (χ3v) is 1.91. The average molecular weight is 194 g/mol. The molecule has 3 N–H and O–H groups in total. The van der Waals surface area contributed by atoms with Gasteiger partial charge in [-0.1, -0.05) is 6.92 Å². The van der Waals surface area contributed by atoms with Gasteiger partial charge in [-0.25, -0.2) is 4.79 Å². The number of carbonyl (C=O) groups excluding carboxylic acids is 1. The number of pyridine rings is 1. The highest BCUT2D eigenvalue weighted by molar-refractivity contribution is 5.98. The summed E-state index contributed by atoms with van der Waals surface area (Å²) in [5.74, 6) is -1.75. The van der Waals surface area contributed by atoms with E-state index >= 15 is 0 Å². The van der Waals surface area contributed by atoms with Gasteiger partial charge in [0.05, 0.1) is 11.1 Å². The number of carboxylic acid groups (broad SMARTS) is 1. The number of nitrogens with zero attached hydrogens (tertiary/aromatic N) is 1. The van der Waals surface area contributed by atoms with Crippen LogP contribution in [0.25, 0.3) is 0 Å². The number of hydrogen-bond donors (Lipinski definition) is 2. The lowest BCUT2D eigenvalue weighted by molar-refractivity contribution is 0.0695. The first-order chi connectivity index (χ1) is 6.57. The van der Waals surface area contributed by atoms with Gasteiger partial charge in [0.15, 0.2) is 0 Å². The highest BCUT2D eigenvalue weighted by Crippen LogP contribution is 2.13. The third kappa shape index (κ3) is 1.71. The van der Waals surface area contributed by atoms with Crippen LogP contribution in [0, 0.1) is 0 Å². The highest BCUT2D eigenvalue weighted by atomic mass is 16.4. The van der Waals surface area contributed by atoms with E-state index in [1.54, 1.807) is 6.92 Å². The molecule has 1 aromatic heterocycles. The van der Waals surface area contributed by atoms with Crippen molar-refractivity contribution in [1.29, 1.82) is 0 Å². The van der Waals surface area contributed by atoms with E-state index in [0.29, 0.717) is 12.0 Å². The largest absolute Gasteiger partial charge is 0.478 e. The van der Waals surface area contributed by atoms with E-state index in [1.807, 2.05) is 0 Å². The zero-order chi connectivity index (χ0) is 10.7. The van der Waals surface area contributed by atoms with Gasteiger partial charge in [0.1, 0.15) is 0 Å². The summed E-state index contributed by atoms with van der Waals surface area (Å²) < 4.78 is 0. The molecule has 1 heterocycles. The van der Waals surface area contributed by atoms with Crippen LogP contribution >= 0.6 is 0 Å². The molecule has 74 valence electrons. The van der Waals surface area contributed by atoms with Crippen LogP contribution in [0.2, 0.25) is 0 Å². The number of nitrogens with two attached hydrogens (primary N) is 1. The van der Waals surface area contributed by atoms with E-state index in [-0.39, 0.29) is 11.1 Å². The Morgan fingerprint density at radius 2 is 2.00 bits per heavy atom. The quantitative estimate of drug-likeness (QED) is 0.730. The number of aromatic nitrogens is 1. The van der Waals surface area contributed by atoms with E-state index in [4.69, 9.17) is 10.8 Å². The molecule has 1 aromatic rings. The lowest BCUT2D eigenvalue weighted by Crippen LogP contribution is -2.16. The Bertz CT molecular complexity index is 355. The number of primary amides is 1. The van der Waals surface area contributed by atoms with Crippen LogP contribution in [0.15, 0.2) is 12.4 Å². The summed E-state index contributed by atoms with van der Waals surface area (Å²) in [6, 6.07) is 0. The maximum Gasteiger partial charge on any atom is 0.337 e. The molecule has 0 aliphatic heterocycles. The Hall–Kier alpha value is -1.91. The summed E-state index contributed by atoms with van der Waals surface area (Å²) in [7, 11) is 0. The Labute approximate surface area is 80.6 Å². The van der Waals surface area contributed by atoms with Crippen molar-refractivity contribution in [2.24, 2.45) is 5.73 Å². The molecule has 0 unspecified atom stereocenters. The summed E-state index contributed by atoms with van der Waals surface area (Å²) in [5.41, 5.74) is 5.72. The van der Waals surface area contributed by atoms with Crippen molar-refractivity contribution in [3.05, 3.63) is 29.1 Å². The maximum atomic E-state index is 10.9. The Balaban J connectivity index is 3.39. The molecule has 14 heavy (non-hydrogen) atoms. The van der Waals surface area contributed by atoms with Crippen LogP contribution in [0.4, 0.5) is 0 Å². The minimum atomic E-state index is -1.10. The molecule has 0 aliphatic carbocycles. The van der Waals surface area contributed by atoms with Crippen molar-refractivity contribution in [2.75, 3.05) is 0 Å². The van der Waals surface area contributed by atoms with Crippen LogP contribution in [-0.4, -0.2) is 22.0 Å². The molecule has 1 rings (SSSR count). The number of hydrogen-bond acceptors (Lipinski definition) is 3. The lowest BCUT2D eigenvalue weighted by Gasteiger charge is -2.06. The maximum absolute atomic E-state index is 10.9. The van der Waals surface area contributed by atoms with Gasteiger partial charge in [0, 0.05) is 12.4 Å². The first-order valence-corrected chi connectivity index (χ1v) is 4.07. The Morgan fingerprint density at radius 3 is 2.43 bits per heavy atom. The minimum Gasteiger partial charge on any atom is -0.478 e. The molecule has 5 nitrogen and oxygen atoms in total. The molecule has 0 spiro atoms. The van der Waals surface area contributed by atoms with Crippen molar-refractivity contribution < 1.29 is 14.7 Å². The van der Waals surface area contributed by atoms with Gasteiger partial charge in [-0.2, -0.15) is 0 Å². The van der Waals surface area contributed by atoms with Crippen LogP contribution in [-0.2, 0) is 6.42 Å². The second-order valence-corrected chi connectivity index (χ2v) is 2.74. The van der Waals surface area contributed by atoms with Crippen LogP contribution in [0.1, 0.15) is 33.2 Å². The van der Waals surface area contributed by atoms with Gasteiger partial charge < -0.3 is 10.8 Å². The predicted molar refractivity (Wildman–Crippen MR) is 49.1 cm³/mol. The summed E-state index contributed by atoms with van der Waals surface area (Å²) >= 11 is 0. The van der Waals surface area contributed by atoms with Crippen molar-refractivity contribution in [1.82, 2.24) is 4.98 Å². The van der Waals surface area contributed by atoms with Crippen molar-refractivity contribution in [3.63, 3.8) is 0 Å². The second-order valence-electron chi connectivity index (χ2n) is 2.74. The van der Waals surface area contributed by atoms with E-state index < -0.39 is 11.9 Å². The van der Waals surface area contributed by atoms with E-state index in [9.17, 15) is 9.59 Å². The zero-order valence-corrected chi connectivity index (χ0v) is 7.65. The standard InChI is InChI=1S/C9H10N2O3/c1-2-5-6(8(10)12)3-11-4-7(5)9(13)14/h3-4H,2H2,1H3,(H2,10,12)(H,13,14). The number of rotatable bonds is 3. The fourth-order valence-corrected chi connectivity index (χ4v) is 1.26. The molecule has 0 atom stereocenters. The number of carbonyl (C=O) groups is 2. The van der Waals surface area contributed by atoms with Crippen molar-refractivity contribution in [3.8, 4) is 0 Å². The highest BCUT2D eigenvalue weighted by Gasteiger charge is 2.15. The van der Waals surface area contributed by atoms with Gasteiger partial charge in [-0.15, -0.1) is 0 Å². The van der Waals surface area contributed by atoms with Gasteiger partial charge in [-0.05, 0) is 12.0 Å². The van der Waals surface area contributed by atoms with Crippen LogP contribution in [0.3, 0.4) is 0 Å². The van der Waals surface area contributed by atoms with Gasteiger partial charge in [-0.3, -0.25) is 9.78 Å². The SMILES string of the molecule is CCc1c(C(N)=O)cncc1C(=O)O. The molecule has 1 amide bonds. The molecule has 0 aliphatic rings. The number of aromatic carboxylic acids is 1. The first-order valence-electron chi connectivity index (χ1n) is 4.07. The Morgan fingerprint density at radius 1 is 1.43 bits per heavy atom. The summed E-state index contributed by atoms with van der Waals surface area (Å²) in [4.78, 5) is 25.4. The van der Waals surface area contributed by atoms with Crippen molar-refractivity contribution >= 4 is 11.9 Å².